The highest BCUT2D eigenvalue weighted by Crippen LogP contribution is 2.33. The molecule has 14 heteroatoms. The van der Waals surface area contributed by atoms with Crippen LogP contribution in [0.1, 0.15) is 53.2 Å². The predicted molar refractivity (Wildman–Crippen MR) is 186 cm³/mol. The fourth-order valence-corrected chi connectivity index (χ4v) is 7.72. The summed E-state index contributed by atoms with van der Waals surface area (Å²) in [4.78, 5) is 64.0. The van der Waals surface area contributed by atoms with Gasteiger partial charge in [0.15, 0.2) is 0 Å². The molecule has 0 spiro atoms. The fourth-order valence-electron chi connectivity index (χ4n) is 6.17. The minimum Gasteiger partial charge on any atom is -0.508 e. The standard InChI is InChI=1S/C36H41N5O8S/c1-36(33(47)37-18-23-7-2-4-10-27(23)42,34(48)38-19-24-8-3-5-11-28(24)43)17-21-13-15-22(16-14-21)31(44)39-25(32(45)46)9-6-12-29-30-26(20-50-29)40-35(49)41-30/h2-5,7-8,10-11,13-16,25-26,29-30,42-43H,6,9,12,17-20H2,1H3,(H,37,47)(H,38,48)(H,39,44)(H,45,46)(H2,40,41,49)/t25?,26-,29-,30-/m0/s1. The number of amides is 5. The number of phenolic OH excluding ortho intramolecular Hbond substituents is 2. The largest absolute Gasteiger partial charge is 0.508 e. The normalized spacial score (nSPS) is 18.7. The third-order valence-corrected chi connectivity index (χ3v) is 10.7. The number of thioether (sulfide) groups is 1. The zero-order chi connectivity index (χ0) is 35.8. The van der Waals surface area contributed by atoms with E-state index in [0.29, 0.717) is 29.5 Å². The predicted octanol–water partition coefficient (Wildman–Crippen LogP) is 2.80. The Labute approximate surface area is 293 Å². The number of para-hydroxylation sites is 2. The van der Waals surface area contributed by atoms with Gasteiger partial charge in [-0.25, -0.2) is 9.59 Å². The molecular weight excluding hydrogens is 662 g/mol. The molecule has 264 valence electrons. The smallest absolute Gasteiger partial charge is 0.326 e. The van der Waals surface area contributed by atoms with Gasteiger partial charge in [0.2, 0.25) is 11.8 Å². The average Bonchev–Trinajstić information content (AvgIpc) is 3.65. The molecule has 2 fully saturated rings. The van der Waals surface area contributed by atoms with Crippen LogP contribution in [0.5, 0.6) is 11.5 Å². The van der Waals surface area contributed by atoms with Gasteiger partial charge in [0.1, 0.15) is 23.0 Å². The summed E-state index contributed by atoms with van der Waals surface area (Å²) in [5, 5.41) is 44.2. The van der Waals surface area contributed by atoms with Crippen LogP contribution in [0.2, 0.25) is 0 Å². The van der Waals surface area contributed by atoms with Gasteiger partial charge in [0.25, 0.3) is 5.91 Å². The highest BCUT2D eigenvalue weighted by Gasteiger charge is 2.43. The Hall–Kier alpha value is -5.24. The lowest BCUT2D eigenvalue weighted by Gasteiger charge is -2.28. The van der Waals surface area contributed by atoms with Crippen molar-refractivity contribution in [2.24, 2.45) is 5.41 Å². The van der Waals surface area contributed by atoms with E-state index in [-0.39, 0.29) is 66.4 Å². The topological polar surface area (TPSA) is 206 Å². The van der Waals surface area contributed by atoms with E-state index in [9.17, 15) is 39.3 Å². The fraction of sp³-hybridized carbons (Fsp3) is 0.361. The molecule has 0 saturated carbocycles. The second kappa shape index (κ2) is 16.0. The monoisotopic (exact) mass is 703 g/mol. The third-order valence-electron chi connectivity index (χ3n) is 9.16. The number of benzene rings is 3. The van der Waals surface area contributed by atoms with Gasteiger partial charge in [0, 0.05) is 40.8 Å². The maximum absolute atomic E-state index is 13.6. The number of fused-ring (bicyclic) bond motifs is 1. The third kappa shape index (κ3) is 8.67. The Morgan fingerprint density at radius 3 is 2.02 bits per heavy atom. The zero-order valence-electron chi connectivity index (χ0n) is 27.5. The molecule has 5 rings (SSSR count). The molecule has 2 heterocycles. The molecule has 0 aliphatic carbocycles. The van der Waals surface area contributed by atoms with E-state index < -0.39 is 35.1 Å². The molecule has 4 atom stereocenters. The molecule has 50 heavy (non-hydrogen) atoms. The number of nitrogens with one attached hydrogen (secondary N) is 5. The number of hydrogen-bond donors (Lipinski definition) is 8. The van der Waals surface area contributed by atoms with Crippen molar-refractivity contribution in [3.05, 3.63) is 95.1 Å². The first-order chi connectivity index (χ1) is 23.9. The van der Waals surface area contributed by atoms with Crippen molar-refractivity contribution in [3.8, 4) is 11.5 Å². The molecule has 3 aromatic rings. The van der Waals surface area contributed by atoms with Gasteiger partial charge in [-0.05, 0) is 62.4 Å². The summed E-state index contributed by atoms with van der Waals surface area (Å²) >= 11 is 1.74. The summed E-state index contributed by atoms with van der Waals surface area (Å²) in [7, 11) is 0. The number of phenols is 2. The zero-order valence-corrected chi connectivity index (χ0v) is 28.3. The van der Waals surface area contributed by atoms with Crippen molar-refractivity contribution in [1.29, 1.82) is 0 Å². The minimum atomic E-state index is -1.64. The summed E-state index contributed by atoms with van der Waals surface area (Å²) < 4.78 is 0. The van der Waals surface area contributed by atoms with Gasteiger partial charge in [-0.1, -0.05) is 48.5 Å². The first-order valence-electron chi connectivity index (χ1n) is 16.4. The maximum Gasteiger partial charge on any atom is 0.326 e. The molecular formula is C36H41N5O8S. The molecule has 0 aromatic heterocycles. The molecule has 2 aliphatic rings. The molecule has 0 radical (unpaired) electrons. The van der Waals surface area contributed by atoms with E-state index in [0.717, 1.165) is 5.75 Å². The number of aliphatic carboxylic acids is 1. The number of carbonyl (C=O) groups is 5. The van der Waals surface area contributed by atoms with Crippen LogP contribution in [0.25, 0.3) is 0 Å². The lowest BCUT2D eigenvalue weighted by atomic mass is 9.81. The second-order valence-electron chi connectivity index (χ2n) is 12.7. The Morgan fingerprint density at radius 1 is 0.880 bits per heavy atom. The number of rotatable bonds is 15. The van der Waals surface area contributed by atoms with Crippen LogP contribution in [0, 0.1) is 5.41 Å². The first-order valence-corrected chi connectivity index (χ1v) is 17.4. The highest BCUT2D eigenvalue weighted by atomic mass is 32.2. The van der Waals surface area contributed by atoms with Crippen LogP contribution >= 0.6 is 11.8 Å². The summed E-state index contributed by atoms with van der Waals surface area (Å²) in [6.45, 7) is 1.45. The van der Waals surface area contributed by atoms with Gasteiger partial charge in [-0.15, -0.1) is 0 Å². The van der Waals surface area contributed by atoms with Gasteiger partial charge < -0.3 is 41.9 Å². The van der Waals surface area contributed by atoms with Gasteiger partial charge in [-0.2, -0.15) is 11.8 Å². The summed E-state index contributed by atoms with van der Waals surface area (Å²) in [6.07, 6.45) is 1.41. The SMILES string of the molecule is CC(Cc1ccc(C(=O)NC(CCC[C@@H]2SC[C@@H]3NC(=O)N[C@@H]32)C(=O)O)cc1)(C(=O)NCc1ccccc1O)C(=O)NCc1ccccc1O. The number of hydrogen-bond acceptors (Lipinski definition) is 8. The van der Waals surface area contributed by atoms with E-state index in [4.69, 9.17) is 0 Å². The lowest BCUT2D eigenvalue weighted by molar-refractivity contribution is -0.143. The Bertz CT molecular complexity index is 1670. The summed E-state index contributed by atoms with van der Waals surface area (Å²) in [5.74, 6) is -2.12. The van der Waals surface area contributed by atoms with Crippen molar-refractivity contribution in [2.75, 3.05) is 5.75 Å². The van der Waals surface area contributed by atoms with Crippen molar-refractivity contribution in [3.63, 3.8) is 0 Å². The van der Waals surface area contributed by atoms with E-state index in [1.54, 1.807) is 60.3 Å². The minimum absolute atomic E-state index is 0.0000771. The second-order valence-corrected chi connectivity index (χ2v) is 14.0. The molecule has 2 aliphatic heterocycles. The van der Waals surface area contributed by atoms with Crippen molar-refractivity contribution < 1.29 is 39.3 Å². The molecule has 13 nitrogen and oxygen atoms in total. The van der Waals surface area contributed by atoms with Gasteiger partial charge in [0.05, 0.1) is 12.1 Å². The van der Waals surface area contributed by atoms with Gasteiger partial charge in [-0.3, -0.25) is 14.4 Å². The molecule has 0 bridgehead atoms. The van der Waals surface area contributed by atoms with Crippen LogP contribution in [-0.4, -0.2) is 74.2 Å². The molecule has 2 saturated heterocycles. The van der Waals surface area contributed by atoms with Crippen molar-refractivity contribution in [2.45, 2.75) is 69.1 Å². The number of carboxylic acid groups (broad SMARTS) is 1. The van der Waals surface area contributed by atoms with Crippen LogP contribution in [0.4, 0.5) is 4.79 Å². The Balaban J connectivity index is 1.22. The average molecular weight is 704 g/mol. The van der Waals surface area contributed by atoms with Crippen LogP contribution in [-0.2, 0) is 33.9 Å². The molecule has 1 unspecified atom stereocenters. The number of urea groups is 1. The lowest BCUT2D eigenvalue weighted by Crippen LogP contribution is -2.50. The number of carbonyl (C=O) groups excluding carboxylic acids is 4. The molecule has 3 aromatic carbocycles. The highest BCUT2D eigenvalue weighted by molar-refractivity contribution is 8.00. The Kier molecular flexibility index (Phi) is 11.5. The van der Waals surface area contributed by atoms with E-state index >= 15 is 0 Å². The first kappa shape index (κ1) is 36.1. The number of carboxylic acids is 1. The number of aromatic hydroxyl groups is 2. The van der Waals surface area contributed by atoms with Crippen LogP contribution in [0.15, 0.2) is 72.8 Å². The van der Waals surface area contributed by atoms with Crippen LogP contribution in [0.3, 0.4) is 0 Å². The van der Waals surface area contributed by atoms with Crippen molar-refractivity contribution in [1.82, 2.24) is 26.6 Å². The van der Waals surface area contributed by atoms with E-state index in [1.807, 2.05) is 0 Å². The molecule has 5 amide bonds. The van der Waals surface area contributed by atoms with E-state index in [1.165, 1.54) is 31.2 Å². The van der Waals surface area contributed by atoms with E-state index in [2.05, 4.69) is 26.6 Å². The molecule has 8 N–H and O–H groups in total. The van der Waals surface area contributed by atoms with Gasteiger partial charge >= 0.3 is 12.0 Å². The summed E-state index contributed by atoms with van der Waals surface area (Å²) in [6, 6.07) is 18.1. The van der Waals surface area contributed by atoms with Crippen LogP contribution < -0.4 is 26.6 Å². The quantitative estimate of drug-likeness (QED) is 0.0864. The van der Waals surface area contributed by atoms with Crippen molar-refractivity contribution >= 4 is 41.5 Å². The maximum atomic E-state index is 13.6. The Morgan fingerprint density at radius 2 is 1.46 bits per heavy atom. The summed E-state index contributed by atoms with van der Waals surface area (Å²) in [5.41, 5.74) is 0.0814.